The highest BCUT2D eigenvalue weighted by Gasteiger charge is 2.20. The van der Waals surface area contributed by atoms with Crippen LogP contribution in [0.2, 0.25) is 0 Å². The molecule has 0 bridgehead atoms. The van der Waals surface area contributed by atoms with Gasteiger partial charge >= 0.3 is 0 Å². The first-order valence-electron chi connectivity index (χ1n) is 8.72. The summed E-state index contributed by atoms with van der Waals surface area (Å²) in [7, 11) is 5.27. The van der Waals surface area contributed by atoms with E-state index in [-0.39, 0.29) is 11.7 Å². The lowest BCUT2D eigenvalue weighted by molar-refractivity contribution is -0.128. The number of nitrogens with zero attached hydrogens (tertiary/aromatic N) is 4. The molecule has 6 nitrogen and oxygen atoms in total. The van der Waals surface area contributed by atoms with Crippen LogP contribution in [0.4, 0.5) is 4.39 Å². The summed E-state index contributed by atoms with van der Waals surface area (Å²) in [5.41, 5.74) is 0.976. The maximum atomic E-state index is 13.6. The molecule has 1 saturated heterocycles. The Morgan fingerprint density at radius 2 is 2.00 bits per heavy atom. The number of carbonyl (C=O) groups is 1. The van der Waals surface area contributed by atoms with E-state index < -0.39 is 0 Å². The second-order valence-corrected chi connectivity index (χ2v) is 7.38. The Labute approximate surface area is 163 Å². The van der Waals surface area contributed by atoms with Crippen LogP contribution in [0.5, 0.6) is 0 Å². The quantitative estimate of drug-likeness (QED) is 0.574. The Kier molecular flexibility index (Phi) is 7.84. The zero-order chi connectivity index (χ0) is 19.1. The number of amides is 1. The van der Waals surface area contributed by atoms with Crippen molar-refractivity contribution < 1.29 is 9.18 Å². The van der Waals surface area contributed by atoms with Crippen LogP contribution in [0.1, 0.15) is 12.0 Å². The summed E-state index contributed by atoms with van der Waals surface area (Å²) >= 11 is 3.18. The first-order chi connectivity index (χ1) is 12.4. The van der Waals surface area contributed by atoms with Crippen molar-refractivity contribution in [1.82, 2.24) is 20.0 Å². The van der Waals surface area contributed by atoms with E-state index >= 15 is 0 Å². The lowest BCUT2D eigenvalue weighted by Gasteiger charge is -2.36. The van der Waals surface area contributed by atoms with Crippen LogP contribution in [0.25, 0.3) is 0 Å². The number of piperazine rings is 1. The average Bonchev–Trinajstić information content (AvgIpc) is 2.62. The molecule has 26 heavy (non-hydrogen) atoms. The highest BCUT2D eigenvalue weighted by atomic mass is 79.9. The molecule has 0 spiro atoms. The minimum absolute atomic E-state index is 0.0968. The lowest BCUT2D eigenvalue weighted by atomic mass is 10.2. The number of carbonyl (C=O) groups excluding carboxylic acids is 1. The van der Waals surface area contributed by atoms with Crippen molar-refractivity contribution in [2.24, 2.45) is 4.99 Å². The number of hydrogen-bond acceptors (Lipinski definition) is 3. The first-order valence-corrected chi connectivity index (χ1v) is 9.52. The maximum absolute atomic E-state index is 13.6. The van der Waals surface area contributed by atoms with Crippen molar-refractivity contribution in [2.75, 3.05) is 53.9 Å². The molecule has 144 valence electrons. The summed E-state index contributed by atoms with van der Waals surface area (Å²) < 4.78 is 14.1. The Hall–Kier alpha value is -1.67. The van der Waals surface area contributed by atoms with Gasteiger partial charge in [-0.05, 0) is 33.6 Å². The maximum Gasteiger partial charge on any atom is 0.223 e. The smallest absolute Gasteiger partial charge is 0.223 e. The summed E-state index contributed by atoms with van der Waals surface area (Å²) in [4.78, 5) is 22.1. The second kappa shape index (κ2) is 9.87. The van der Waals surface area contributed by atoms with Crippen LogP contribution in [-0.2, 0) is 11.3 Å². The summed E-state index contributed by atoms with van der Waals surface area (Å²) in [5, 5.41) is 3.26. The number of guanidine groups is 1. The van der Waals surface area contributed by atoms with Gasteiger partial charge in [0.15, 0.2) is 5.96 Å². The van der Waals surface area contributed by atoms with E-state index in [2.05, 4.69) is 36.0 Å². The molecule has 1 aromatic carbocycles. The van der Waals surface area contributed by atoms with E-state index in [9.17, 15) is 9.18 Å². The van der Waals surface area contributed by atoms with Crippen LogP contribution in [-0.4, -0.2) is 80.4 Å². The van der Waals surface area contributed by atoms with Crippen molar-refractivity contribution in [2.45, 2.75) is 13.0 Å². The van der Waals surface area contributed by atoms with Crippen molar-refractivity contribution in [3.63, 3.8) is 0 Å². The molecule has 0 unspecified atom stereocenters. The summed E-state index contributed by atoms with van der Waals surface area (Å²) in [5.74, 6) is 0.698. The van der Waals surface area contributed by atoms with Gasteiger partial charge in [0.25, 0.3) is 0 Å². The third-order valence-electron chi connectivity index (χ3n) is 4.39. The Morgan fingerprint density at radius 3 is 2.58 bits per heavy atom. The van der Waals surface area contributed by atoms with Crippen LogP contribution < -0.4 is 5.32 Å². The fraction of sp³-hybridized carbons (Fsp3) is 0.556. The summed E-state index contributed by atoms with van der Waals surface area (Å²) in [6.07, 6.45) is 0.446. The molecule has 0 radical (unpaired) electrons. The highest BCUT2D eigenvalue weighted by Crippen LogP contribution is 2.18. The molecular weight excluding hydrogens is 401 g/mol. The molecule has 1 fully saturated rings. The van der Waals surface area contributed by atoms with Gasteiger partial charge < -0.3 is 15.1 Å². The Morgan fingerprint density at radius 1 is 1.31 bits per heavy atom. The molecule has 1 aromatic rings. The second-order valence-electron chi connectivity index (χ2n) is 6.52. The fourth-order valence-corrected chi connectivity index (χ4v) is 3.10. The standard InChI is InChI=1S/C18H27BrFN5O/c1-21-18(22-7-6-17(26)23(2)3)25-10-8-24(9-11-25)13-14-4-5-15(19)16(20)12-14/h4-5,12H,6-11,13H2,1-3H3,(H,21,22). The molecule has 0 aliphatic carbocycles. The number of hydrogen-bond donors (Lipinski definition) is 1. The van der Waals surface area contributed by atoms with Gasteiger partial charge in [-0.2, -0.15) is 0 Å². The van der Waals surface area contributed by atoms with Crippen molar-refractivity contribution in [3.05, 3.63) is 34.1 Å². The van der Waals surface area contributed by atoms with Gasteiger partial charge in [0.1, 0.15) is 5.82 Å². The molecule has 1 amide bonds. The molecule has 0 aromatic heterocycles. The molecular formula is C18H27BrFN5O. The summed E-state index contributed by atoms with van der Waals surface area (Å²) in [6, 6.07) is 5.28. The SMILES string of the molecule is CN=C(NCCC(=O)N(C)C)N1CCN(Cc2ccc(Br)c(F)c2)CC1. The largest absolute Gasteiger partial charge is 0.356 e. The monoisotopic (exact) mass is 427 g/mol. The molecule has 2 rings (SSSR count). The topological polar surface area (TPSA) is 51.2 Å². The lowest BCUT2D eigenvalue weighted by Crippen LogP contribution is -2.52. The Bertz CT molecular complexity index is 644. The van der Waals surface area contributed by atoms with E-state index in [1.807, 2.05) is 6.07 Å². The van der Waals surface area contributed by atoms with Crippen LogP contribution in [0.3, 0.4) is 0 Å². The van der Waals surface area contributed by atoms with Gasteiger partial charge in [-0.25, -0.2) is 4.39 Å². The predicted molar refractivity (Wildman–Crippen MR) is 106 cm³/mol. The minimum Gasteiger partial charge on any atom is -0.356 e. The molecule has 8 heteroatoms. The van der Waals surface area contributed by atoms with Gasteiger partial charge in [0, 0.05) is 66.8 Å². The molecule has 1 N–H and O–H groups in total. The van der Waals surface area contributed by atoms with Gasteiger partial charge in [-0.1, -0.05) is 6.07 Å². The van der Waals surface area contributed by atoms with Crippen LogP contribution in [0.15, 0.2) is 27.7 Å². The molecule has 0 atom stereocenters. The van der Waals surface area contributed by atoms with Gasteiger partial charge in [-0.15, -0.1) is 0 Å². The van der Waals surface area contributed by atoms with E-state index in [1.165, 1.54) is 0 Å². The molecule has 1 aliphatic rings. The number of nitrogens with one attached hydrogen (secondary N) is 1. The normalized spacial score (nSPS) is 15.9. The summed E-state index contributed by atoms with van der Waals surface area (Å²) in [6.45, 7) is 4.77. The minimum atomic E-state index is -0.224. The third kappa shape index (κ3) is 5.95. The van der Waals surface area contributed by atoms with Gasteiger partial charge in [0.05, 0.1) is 4.47 Å². The predicted octanol–water partition coefficient (Wildman–Crippen LogP) is 1.76. The number of benzene rings is 1. The average molecular weight is 428 g/mol. The zero-order valence-electron chi connectivity index (χ0n) is 15.6. The van der Waals surface area contributed by atoms with Crippen molar-refractivity contribution in [1.29, 1.82) is 0 Å². The first kappa shape index (κ1) is 20.6. The fourth-order valence-electron chi connectivity index (χ4n) is 2.85. The van der Waals surface area contributed by atoms with E-state index in [0.717, 1.165) is 44.2 Å². The number of aliphatic imine (C=N–C) groups is 1. The van der Waals surface area contributed by atoms with E-state index in [0.29, 0.717) is 17.4 Å². The van der Waals surface area contributed by atoms with Gasteiger partial charge in [-0.3, -0.25) is 14.7 Å². The van der Waals surface area contributed by atoms with Crippen LogP contribution in [0, 0.1) is 5.82 Å². The zero-order valence-corrected chi connectivity index (χ0v) is 17.2. The van der Waals surface area contributed by atoms with E-state index in [1.54, 1.807) is 38.2 Å². The molecule has 1 heterocycles. The molecule has 0 saturated carbocycles. The van der Waals surface area contributed by atoms with Crippen LogP contribution >= 0.6 is 15.9 Å². The Balaban J connectivity index is 1.78. The van der Waals surface area contributed by atoms with Gasteiger partial charge in [0.2, 0.25) is 5.91 Å². The van der Waals surface area contributed by atoms with E-state index in [4.69, 9.17) is 0 Å². The highest BCUT2D eigenvalue weighted by molar-refractivity contribution is 9.10. The number of rotatable bonds is 5. The molecule has 1 aliphatic heterocycles. The van der Waals surface area contributed by atoms with Crippen molar-refractivity contribution in [3.8, 4) is 0 Å². The third-order valence-corrected chi connectivity index (χ3v) is 5.04. The van der Waals surface area contributed by atoms with Crippen molar-refractivity contribution >= 4 is 27.8 Å². The number of halogens is 2.